The predicted octanol–water partition coefficient (Wildman–Crippen LogP) is 3.67. The Hall–Kier alpha value is -2.41. The molecule has 2 aromatic heterocycles. The third-order valence-corrected chi connectivity index (χ3v) is 5.71. The van der Waals surface area contributed by atoms with Crippen LogP contribution in [0.3, 0.4) is 0 Å². The van der Waals surface area contributed by atoms with Gasteiger partial charge in [-0.25, -0.2) is 0 Å². The fourth-order valence-corrected chi connectivity index (χ4v) is 4.10. The van der Waals surface area contributed by atoms with Crippen molar-refractivity contribution >= 4 is 34.3 Å². The van der Waals surface area contributed by atoms with Gasteiger partial charge in [-0.2, -0.15) is 0 Å². The minimum Gasteiger partial charge on any atom is -0.324 e. The van der Waals surface area contributed by atoms with Crippen molar-refractivity contribution < 1.29 is 4.79 Å². The predicted molar refractivity (Wildman–Crippen MR) is 103 cm³/mol. The van der Waals surface area contributed by atoms with Gasteiger partial charge in [0, 0.05) is 24.5 Å². The van der Waals surface area contributed by atoms with E-state index in [0.29, 0.717) is 0 Å². The van der Waals surface area contributed by atoms with Crippen LogP contribution in [0.4, 0.5) is 5.69 Å². The summed E-state index contributed by atoms with van der Waals surface area (Å²) in [4.78, 5) is 17.0. The summed E-state index contributed by atoms with van der Waals surface area (Å²) in [6, 6.07) is 9.59. The molecule has 0 fully saturated rings. The van der Waals surface area contributed by atoms with Gasteiger partial charge in [0.1, 0.15) is 5.82 Å². The first-order valence-corrected chi connectivity index (χ1v) is 9.84. The number of hydrogen-bond acceptors (Lipinski definition) is 5. The number of aryl methyl sites for hydroxylation is 1. The number of carbonyl (C=O) groups excluding carboxylic acids is 1. The van der Waals surface area contributed by atoms with Gasteiger partial charge in [-0.3, -0.25) is 9.78 Å². The van der Waals surface area contributed by atoms with Gasteiger partial charge in [0.15, 0.2) is 5.16 Å². The molecule has 1 aromatic carbocycles. The van der Waals surface area contributed by atoms with Gasteiger partial charge in [-0.1, -0.05) is 24.2 Å². The second kappa shape index (κ2) is 7.45. The quantitative estimate of drug-likeness (QED) is 0.712. The van der Waals surface area contributed by atoms with E-state index in [1.165, 1.54) is 18.2 Å². The number of benzene rings is 1. The molecule has 1 atom stereocenters. The number of nitrogens with zero attached hydrogens (tertiary/aromatic N) is 4. The van der Waals surface area contributed by atoms with Crippen molar-refractivity contribution in [2.24, 2.45) is 0 Å². The van der Waals surface area contributed by atoms with Crippen LogP contribution >= 0.6 is 11.8 Å². The SMILES string of the molecule is CC(Sc1nnc2n1CCCCC2)C(=O)Nc1cccc2ncccc12. The van der Waals surface area contributed by atoms with Crippen LogP contribution in [-0.2, 0) is 17.8 Å². The maximum absolute atomic E-state index is 12.7. The number of aromatic nitrogens is 4. The van der Waals surface area contributed by atoms with E-state index in [0.717, 1.165) is 53.4 Å². The molecule has 1 aliphatic heterocycles. The Kier molecular flexibility index (Phi) is 4.88. The minimum absolute atomic E-state index is 0.0441. The zero-order chi connectivity index (χ0) is 17.9. The molecule has 0 saturated carbocycles. The minimum atomic E-state index is -0.265. The van der Waals surface area contributed by atoms with Gasteiger partial charge < -0.3 is 9.88 Å². The summed E-state index contributed by atoms with van der Waals surface area (Å²) in [6.07, 6.45) is 6.25. The molecule has 4 rings (SSSR count). The Morgan fingerprint density at radius 1 is 1.19 bits per heavy atom. The Bertz CT molecular complexity index is 933. The summed E-state index contributed by atoms with van der Waals surface area (Å²) in [5, 5.41) is 13.2. The lowest BCUT2D eigenvalue weighted by Crippen LogP contribution is -2.23. The van der Waals surface area contributed by atoms with Gasteiger partial charge in [0.25, 0.3) is 0 Å². The summed E-state index contributed by atoms with van der Waals surface area (Å²) in [7, 11) is 0. The van der Waals surface area contributed by atoms with Gasteiger partial charge in [0.2, 0.25) is 5.91 Å². The fourth-order valence-electron chi connectivity index (χ4n) is 3.20. The van der Waals surface area contributed by atoms with Crippen molar-refractivity contribution in [2.75, 3.05) is 5.32 Å². The molecule has 1 aliphatic rings. The number of pyridine rings is 1. The standard InChI is InChI=1S/C19H21N5OS/c1-13(26-19-23-22-17-10-3-2-4-12-24(17)19)18(25)21-16-9-5-8-15-14(16)7-6-11-20-15/h5-9,11,13H,2-4,10,12H2,1H3,(H,21,25). The van der Waals surface area contributed by atoms with Crippen molar-refractivity contribution in [3.63, 3.8) is 0 Å². The second-order valence-corrected chi connectivity index (χ2v) is 7.79. The average molecular weight is 367 g/mol. The summed E-state index contributed by atoms with van der Waals surface area (Å²) in [5.74, 6) is 0.995. The molecule has 3 heterocycles. The van der Waals surface area contributed by atoms with E-state index in [1.54, 1.807) is 6.20 Å². The first kappa shape index (κ1) is 17.0. The number of amides is 1. The largest absolute Gasteiger partial charge is 0.324 e. The summed E-state index contributed by atoms with van der Waals surface area (Å²) in [6.45, 7) is 2.84. The molecule has 0 saturated heterocycles. The van der Waals surface area contributed by atoms with E-state index < -0.39 is 0 Å². The van der Waals surface area contributed by atoms with Crippen molar-refractivity contribution in [1.82, 2.24) is 19.7 Å². The van der Waals surface area contributed by atoms with Gasteiger partial charge in [0.05, 0.1) is 16.5 Å². The zero-order valence-corrected chi connectivity index (χ0v) is 15.5. The van der Waals surface area contributed by atoms with Crippen LogP contribution < -0.4 is 5.32 Å². The lowest BCUT2D eigenvalue weighted by atomic mass is 10.2. The maximum Gasteiger partial charge on any atom is 0.237 e. The number of anilines is 1. The van der Waals surface area contributed by atoms with E-state index >= 15 is 0 Å². The van der Waals surface area contributed by atoms with Crippen LogP contribution in [0.5, 0.6) is 0 Å². The zero-order valence-electron chi connectivity index (χ0n) is 14.7. The fraction of sp³-hybridized carbons (Fsp3) is 0.368. The van der Waals surface area contributed by atoms with Crippen LogP contribution in [-0.4, -0.2) is 30.9 Å². The summed E-state index contributed by atoms with van der Waals surface area (Å²) in [5.41, 5.74) is 1.65. The number of rotatable bonds is 4. The molecular formula is C19H21N5OS. The number of fused-ring (bicyclic) bond motifs is 2. The molecule has 1 amide bonds. The molecule has 0 aliphatic carbocycles. The summed E-state index contributed by atoms with van der Waals surface area (Å²) < 4.78 is 2.17. The summed E-state index contributed by atoms with van der Waals surface area (Å²) >= 11 is 1.47. The lowest BCUT2D eigenvalue weighted by molar-refractivity contribution is -0.115. The van der Waals surface area contributed by atoms with E-state index in [2.05, 4.69) is 25.1 Å². The van der Waals surface area contributed by atoms with E-state index in [9.17, 15) is 4.79 Å². The van der Waals surface area contributed by atoms with Crippen molar-refractivity contribution in [2.45, 2.75) is 49.6 Å². The monoisotopic (exact) mass is 367 g/mol. The van der Waals surface area contributed by atoms with Crippen LogP contribution in [0.1, 0.15) is 32.0 Å². The molecule has 7 heteroatoms. The average Bonchev–Trinajstić information content (AvgIpc) is 2.88. The van der Waals surface area contributed by atoms with E-state index in [-0.39, 0.29) is 11.2 Å². The Labute approximate surface area is 156 Å². The van der Waals surface area contributed by atoms with Crippen LogP contribution in [0.15, 0.2) is 41.7 Å². The highest BCUT2D eigenvalue weighted by atomic mass is 32.2. The Morgan fingerprint density at radius 2 is 2.12 bits per heavy atom. The van der Waals surface area contributed by atoms with Gasteiger partial charge in [-0.15, -0.1) is 10.2 Å². The Morgan fingerprint density at radius 3 is 3.04 bits per heavy atom. The highest BCUT2D eigenvalue weighted by Gasteiger charge is 2.21. The third-order valence-electron chi connectivity index (χ3n) is 4.63. The number of nitrogens with one attached hydrogen (secondary N) is 1. The van der Waals surface area contributed by atoms with Gasteiger partial charge in [-0.05, 0) is 44.0 Å². The molecule has 26 heavy (non-hydrogen) atoms. The molecule has 0 radical (unpaired) electrons. The normalized spacial score (nSPS) is 15.3. The Balaban J connectivity index is 1.49. The topological polar surface area (TPSA) is 72.7 Å². The molecule has 6 nitrogen and oxygen atoms in total. The maximum atomic E-state index is 12.7. The number of hydrogen-bond donors (Lipinski definition) is 1. The van der Waals surface area contributed by atoms with Crippen LogP contribution in [0, 0.1) is 0 Å². The molecule has 3 aromatic rings. The van der Waals surface area contributed by atoms with Crippen LogP contribution in [0.25, 0.3) is 10.9 Å². The van der Waals surface area contributed by atoms with Gasteiger partial charge >= 0.3 is 0 Å². The van der Waals surface area contributed by atoms with E-state index in [4.69, 9.17) is 0 Å². The first-order chi connectivity index (χ1) is 12.7. The highest BCUT2D eigenvalue weighted by Crippen LogP contribution is 2.27. The van der Waals surface area contributed by atoms with Crippen molar-refractivity contribution in [3.05, 3.63) is 42.4 Å². The molecule has 0 bridgehead atoms. The third kappa shape index (κ3) is 3.44. The lowest BCUT2D eigenvalue weighted by Gasteiger charge is -2.14. The number of carbonyl (C=O) groups is 1. The first-order valence-electron chi connectivity index (χ1n) is 8.96. The molecule has 1 N–H and O–H groups in total. The van der Waals surface area contributed by atoms with Crippen LogP contribution in [0.2, 0.25) is 0 Å². The molecule has 134 valence electrons. The second-order valence-electron chi connectivity index (χ2n) is 6.49. The molecular weight excluding hydrogens is 346 g/mol. The number of thioether (sulfide) groups is 1. The van der Waals surface area contributed by atoms with E-state index in [1.807, 2.05) is 37.3 Å². The van der Waals surface area contributed by atoms with Crippen molar-refractivity contribution in [3.8, 4) is 0 Å². The smallest absolute Gasteiger partial charge is 0.237 e. The molecule has 1 unspecified atom stereocenters. The highest BCUT2D eigenvalue weighted by molar-refractivity contribution is 8.00. The van der Waals surface area contributed by atoms with Crippen molar-refractivity contribution in [1.29, 1.82) is 0 Å². The molecule has 0 spiro atoms.